The molecule has 0 aliphatic heterocycles. The van der Waals surface area contributed by atoms with Crippen LogP contribution in [0.3, 0.4) is 0 Å². The van der Waals surface area contributed by atoms with Crippen LogP contribution >= 0.6 is 15.9 Å². The molecule has 0 spiro atoms. The lowest BCUT2D eigenvalue weighted by Gasteiger charge is -2.11. The largest absolute Gasteiger partial charge is 0.379 e. The van der Waals surface area contributed by atoms with Crippen molar-refractivity contribution in [3.8, 4) is 0 Å². The number of nitrogens with one attached hydrogen (secondary N) is 2. The van der Waals surface area contributed by atoms with Crippen molar-refractivity contribution in [2.75, 3.05) is 11.9 Å². The molecule has 0 saturated carbocycles. The number of aromatic nitrogens is 1. The van der Waals surface area contributed by atoms with Crippen molar-refractivity contribution >= 4 is 27.5 Å². The van der Waals surface area contributed by atoms with E-state index in [1.165, 1.54) is 0 Å². The Bertz CT molecular complexity index is 643. The van der Waals surface area contributed by atoms with Crippen LogP contribution in [-0.2, 0) is 6.54 Å². The molecule has 21 heavy (non-hydrogen) atoms. The van der Waals surface area contributed by atoms with Gasteiger partial charge in [-0.1, -0.05) is 12.1 Å². The summed E-state index contributed by atoms with van der Waals surface area (Å²) < 4.78 is 0.814. The summed E-state index contributed by atoms with van der Waals surface area (Å²) in [5, 5.41) is 6.13. The zero-order chi connectivity index (χ0) is 15.2. The molecule has 110 valence electrons. The lowest BCUT2D eigenvalue weighted by atomic mass is 10.1. The fourth-order valence-corrected chi connectivity index (χ4v) is 2.33. The fraction of sp³-hybridized carbons (Fsp3) is 0.250. The summed E-state index contributed by atoms with van der Waals surface area (Å²) in [4.78, 5) is 16.2. The molecule has 5 heteroatoms. The summed E-state index contributed by atoms with van der Waals surface area (Å²) in [5.41, 5.74) is 3.64. The number of halogens is 1. The molecule has 1 heterocycles. The van der Waals surface area contributed by atoms with E-state index in [2.05, 4.69) is 31.5 Å². The molecule has 1 aromatic heterocycles. The molecule has 4 nitrogen and oxygen atoms in total. The molecule has 0 aliphatic carbocycles. The highest BCUT2D eigenvalue weighted by molar-refractivity contribution is 9.10. The van der Waals surface area contributed by atoms with E-state index in [0.29, 0.717) is 18.7 Å². The first-order valence-electron chi connectivity index (χ1n) is 6.84. The predicted octanol–water partition coefficient (Wildman–Crippen LogP) is 3.51. The van der Waals surface area contributed by atoms with Crippen LogP contribution in [0.25, 0.3) is 0 Å². The van der Waals surface area contributed by atoms with Gasteiger partial charge in [-0.2, -0.15) is 0 Å². The van der Waals surface area contributed by atoms with Crippen molar-refractivity contribution in [3.63, 3.8) is 0 Å². The molecule has 0 unspecified atom stereocenters. The van der Waals surface area contributed by atoms with Crippen molar-refractivity contribution < 1.29 is 4.79 Å². The molecule has 2 aromatic rings. The maximum absolute atomic E-state index is 11.9. The zero-order valence-electron chi connectivity index (χ0n) is 12.1. The van der Waals surface area contributed by atoms with Gasteiger partial charge in [0.25, 0.3) is 5.91 Å². The molecule has 1 aromatic carbocycles. The molecule has 2 N–H and O–H groups in total. The van der Waals surface area contributed by atoms with Gasteiger partial charge in [0.1, 0.15) is 4.60 Å². The molecule has 0 atom stereocenters. The second-order valence-electron chi connectivity index (χ2n) is 4.69. The molecule has 1 amide bonds. The highest BCUT2D eigenvalue weighted by atomic mass is 79.9. The van der Waals surface area contributed by atoms with Crippen LogP contribution in [0.5, 0.6) is 0 Å². The van der Waals surface area contributed by atoms with Gasteiger partial charge in [-0.05, 0) is 59.6 Å². The monoisotopic (exact) mass is 347 g/mol. The fourth-order valence-electron chi connectivity index (χ4n) is 1.95. The summed E-state index contributed by atoms with van der Waals surface area (Å²) in [6, 6.07) is 11.5. The van der Waals surface area contributed by atoms with Crippen molar-refractivity contribution in [1.82, 2.24) is 10.3 Å². The Morgan fingerprint density at radius 3 is 2.81 bits per heavy atom. The van der Waals surface area contributed by atoms with Crippen molar-refractivity contribution in [1.29, 1.82) is 0 Å². The second-order valence-corrected chi connectivity index (χ2v) is 5.51. The Kier molecular flexibility index (Phi) is 5.33. The van der Waals surface area contributed by atoms with Gasteiger partial charge in [-0.25, -0.2) is 4.98 Å². The number of hydrogen-bond donors (Lipinski definition) is 2. The Morgan fingerprint density at radius 1 is 1.29 bits per heavy atom. The van der Waals surface area contributed by atoms with E-state index in [-0.39, 0.29) is 5.91 Å². The van der Waals surface area contributed by atoms with E-state index in [4.69, 9.17) is 0 Å². The number of carbonyl (C=O) groups excluding carboxylic acids is 1. The minimum Gasteiger partial charge on any atom is -0.379 e. The third-order valence-electron chi connectivity index (χ3n) is 3.07. The van der Waals surface area contributed by atoms with E-state index in [1.807, 2.05) is 50.2 Å². The summed E-state index contributed by atoms with van der Waals surface area (Å²) in [6.45, 7) is 5.15. The molecule has 0 fully saturated rings. The Hall–Kier alpha value is -1.88. The number of rotatable bonds is 5. The second kappa shape index (κ2) is 7.22. The van der Waals surface area contributed by atoms with E-state index < -0.39 is 0 Å². The SMILES string of the molecule is CCNC(=O)c1ccc(C)c(NCc2cccc(Br)n2)c1. The standard InChI is InChI=1S/C16H18BrN3O/c1-3-18-16(21)12-8-7-11(2)14(9-12)19-10-13-5-4-6-15(17)20-13/h4-9,19H,3,10H2,1-2H3,(H,18,21). The molecule has 0 bridgehead atoms. The Morgan fingerprint density at radius 2 is 2.10 bits per heavy atom. The maximum atomic E-state index is 11.9. The highest BCUT2D eigenvalue weighted by Crippen LogP contribution is 2.18. The number of carbonyl (C=O) groups is 1. The average Bonchev–Trinajstić information content (AvgIpc) is 2.46. The lowest BCUT2D eigenvalue weighted by molar-refractivity contribution is 0.0956. The van der Waals surface area contributed by atoms with Gasteiger partial charge in [0.2, 0.25) is 0 Å². The normalized spacial score (nSPS) is 10.2. The molecule has 0 radical (unpaired) electrons. The van der Waals surface area contributed by atoms with Crippen LogP contribution in [0.2, 0.25) is 0 Å². The Labute approximate surface area is 133 Å². The van der Waals surface area contributed by atoms with Crippen LogP contribution < -0.4 is 10.6 Å². The van der Waals surface area contributed by atoms with E-state index in [9.17, 15) is 4.79 Å². The zero-order valence-corrected chi connectivity index (χ0v) is 13.7. The van der Waals surface area contributed by atoms with Gasteiger partial charge in [0.15, 0.2) is 0 Å². The third kappa shape index (κ3) is 4.29. The van der Waals surface area contributed by atoms with E-state index in [1.54, 1.807) is 0 Å². The van der Waals surface area contributed by atoms with Crippen LogP contribution in [0.1, 0.15) is 28.5 Å². The van der Waals surface area contributed by atoms with Crippen molar-refractivity contribution in [2.24, 2.45) is 0 Å². The minimum atomic E-state index is -0.0545. The van der Waals surface area contributed by atoms with Crippen molar-refractivity contribution in [3.05, 3.63) is 57.8 Å². The smallest absolute Gasteiger partial charge is 0.251 e. The van der Waals surface area contributed by atoms with Crippen LogP contribution in [0.15, 0.2) is 41.0 Å². The number of pyridine rings is 1. The lowest BCUT2D eigenvalue weighted by Crippen LogP contribution is -2.22. The molecule has 2 rings (SSSR count). The van der Waals surface area contributed by atoms with Gasteiger partial charge >= 0.3 is 0 Å². The van der Waals surface area contributed by atoms with Crippen LogP contribution in [0.4, 0.5) is 5.69 Å². The first-order chi connectivity index (χ1) is 10.1. The quantitative estimate of drug-likeness (QED) is 0.813. The molecule has 0 saturated heterocycles. The predicted molar refractivity (Wildman–Crippen MR) is 88.4 cm³/mol. The number of anilines is 1. The van der Waals surface area contributed by atoms with E-state index in [0.717, 1.165) is 21.5 Å². The number of hydrogen-bond acceptors (Lipinski definition) is 3. The van der Waals surface area contributed by atoms with Crippen LogP contribution in [-0.4, -0.2) is 17.4 Å². The first-order valence-corrected chi connectivity index (χ1v) is 7.63. The molecular weight excluding hydrogens is 330 g/mol. The number of aryl methyl sites for hydroxylation is 1. The van der Waals surface area contributed by atoms with Crippen molar-refractivity contribution in [2.45, 2.75) is 20.4 Å². The highest BCUT2D eigenvalue weighted by Gasteiger charge is 2.07. The van der Waals surface area contributed by atoms with Gasteiger partial charge in [-0.15, -0.1) is 0 Å². The molecule has 0 aliphatic rings. The third-order valence-corrected chi connectivity index (χ3v) is 3.51. The summed E-state index contributed by atoms with van der Waals surface area (Å²) in [5.74, 6) is -0.0545. The number of amides is 1. The Balaban J connectivity index is 2.12. The van der Waals surface area contributed by atoms with Gasteiger partial charge in [0.05, 0.1) is 12.2 Å². The minimum absolute atomic E-state index is 0.0545. The maximum Gasteiger partial charge on any atom is 0.251 e. The van der Waals surface area contributed by atoms with Gasteiger partial charge in [0, 0.05) is 17.8 Å². The van der Waals surface area contributed by atoms with Gasteiger partial charge in [-0.3, -0.25) is 4.79 Å². The van der Waals surface area contributed by atoms with Gasteiger partial charge < -0.3 is 10.6 Å². The number of nitrogens with zero attached hydrogens (tertiary/aromatic N) is 1. The first kappa shape index (κ1) is 15.5. The average molecular weight is 348 g/mol. The number of benzene rings is 1. The summed E-state index contributed by atoms with van der Waals surface area (Å²) >= 11 is 3.36. The van der Waals surface area contributed by atoms with E-state index >= 15 is 0 Å². The van der Waals surface area contributed by atoms with Crippen LogP contribution in [0, 0.1) is 6.92 Å². The molecular formula is C16H18BrN3O. The summed E-state index contributed by atoms with van der Waals surface area (Å²) in [7, 11) is 0. The topological polar surface area (TPSA) is 54.0 Å². The summed E-state index contributed by atoms with van der Waals surface area (Å²) in [6.07, 6.45) is 0.